The average molecular weight is 793 g/mol. The van der Waals surface area contributed by atoms with Crippen LogP contribution in [0.3, 0.4) is 0 Å². The zero-order chi connectivity index (χ0) is 36.2. The summed E-state index contributed by atoms with van der Waals surface area (Å²) in [5.74, 6) is 0. The average Bonchev–Trinajstić information content (AvgIpc) is 3.47. The second-order valence-electron chi connectivity index (χ2n) is 10.6. The Balaban J connectivity index is 0.000000153. The van der Waals surface area contributed by atoms with Crippen LogP contribution in [0.25, 0.3) is 22.3 Å². The standard InChI is InChI=1S/C13H9Cl.C12H8ClNO2.C6H6BClO2.C6H4BrNO2/c14-11-5-6-13-10(8-11)7-9-3-1-2-4-12(9)13;13-10-7-5-9(6-8-10)11-3-1-2-4-12(11)14(15)16;8-6-3-1-5(2-4-6)7(9)10;7-5-3-1-2-4-6(5)8(9)10/h1-6,8H,7H2;1-8H;1-4,9-10H;1-4H. The van der Waals surface area contributed by atoms with Crippen LogP contribution in [0, 0.1) is 20.2 Å². The highest BCUT2D eigenvalue weighted by Gasteiger charge is 2.17. The SMILES string of the molecule is Clc1ccc2c(c1)Cc1ccccc1-2.O=[N+]([O-])c1ccccc1-c1ccc(Cl)cc1.O=[N+]([O-])c1ccccc1Br.OB(O)c1ccc(Cl)cc1. The Bertz CT molecular complexity index is 2080. The van der Waals surface area contributed by atoms with E-state index in [1.54, 1.807) is 84.9 Å². The summed E-state index contributed by atoms with van der Waals surface area (Å²) < 4.78 is 0.514. The Morgan fingerprint density at radius 2 is 1.04 bits per heavy atom. The van der Waals surface area contributed by atoms with Crippen molar-refractivity contribution in [2.75, 3.05) is 0 Å². The van der Waals surface area contributed by atoms with Gasteiger partial charge in [-0.15, -0.1) is 0 Å². The summed E-state index contributed by atoms with van der Waals surface area (Å²) in [6, 6.07) is 41.1. The number of nitro benzene ring substituents is 2. The van der Waals surface area contributed by atoms with Crippen LogP contribution in [0.15, 0.2) is 144 Å². The summed E-state index contributed by atoms with van der Waals surface area (Å²) in [4.78, 5) is 20.2. The van der Waals surface area contributed by atoms with E-state index in [2.05, 4.69) is 52.3 Å². The molecule has 0 atom stereocenters. The Morgan fingerprint density at radius 3 is 1.60 bits per heavy atom. The highest BCUT2D eigenvalue weighted by molar-refractivity contribution is 9.10. The van der Waals surface area contributed by atoms with Gasteiger partial charge in [0.25, 0.3) is 11.4 Å². The number of fused-ring (bicyclic) bond motifs is 3. The van der Waals surface area contributed by atoms with E-state index in [9.17, 15) is 20.2 Å². The summed E-state index contributed by atoms with van der Waals surface area (Å²) in [7, 11) is -1.41. The minimum absolute atomic E-state index is 0.0995. The molecule has 252 valence electrons. The van der Waals surface area contributed by atoms with Gasteiger partial charge in [-0.1, -0.05) is 114 Å². The van der Waals surface area contributed by atoms with Crippen LogP contribution in [0.1, 0.15) is 11.1 Å². The van der Waals surface area contributed by atoms with Gasteiger partial charge in [0.05, 0.1) is 19.9 Å². The number of para-hydroxylation sites is 2. The Kier molecular flexibility index (Phi) is 14.1. The van der Waals surface area contributed by atoms with Gasteiger partial charge < -0.3 is 10.0 Å². The van der Waals surface area contributed by atoms with Crippen molar-refractivity contribution in [3.05, 3.63) is 190 Å². The van der Waals surface area contributed by atoms with Crippen LogP contribution >= 0.6 is 50.7 Å². The number of nitro groups is 2. The minimum atomic E-state index is -1.41. The molecule has 0 unspecified atom stereocenters. The maximum atomic E-state index is 10.8. The van der Waals surface area contributed by atoms with Crippen LogP contribution in [-0.2, 0) is 6.42 Å². The molecule has 0 aromatic heterocycles. The molecule has 0 aliphatic heterocycles. The van der Waals surface area contributed by atoms with E-state index >= 15 is 0 Å². The number of hydrogen-bond donors (Lipinski definition) is 2. The molecule has 13 heteroatoms. The fourth-order valence-electron chi connectivity index (χ4n) is 4.85. The molecule has 0 radical (unpaired) electrons. The monoisotopic (exact) mass is 790 g/mol. The lowest BCUT2D eigenvalue weighted by Gasteiger charge is -2.02. The molecule has 0 fully saturated rings. The van der Waals surface area contributed by atoms with E-state index in [1.807, 2.05) is 6.07 Å². The summed E-state index contributed by atoms with van der Waals surface area (Å²) in [5, 5.41) is 40.3. The van der Waals surface area contributed by atoms with Gasteiger partial charge in [-0.2, -0.15) is 0 Å². The fraction of sp³-hybridized carbons (Fsp3) is 0.0270. The van der Waals surface area contributed by atoms with Crippen LogP contribution in [0.5, 0.6) is 0 Å². The third kappa shape index (κ3) is 10.7. The maximum Gasteiger partial charge on any atom is 0.488 e. The lowest BCUT2D eigenvalue weighted by atomic mass is 9.81. The number of nitrogens with zero attached hydrogens (tertiary/aromatic N) is 2. The third-order valence-electron chi connectivity index (χ3n) is 7.23. The molecule has 0 saturated heterocycles. The van der Waals surface area contributed by atoms with Crippen LogP contribution in [-0.4, -0.2) is 27.0 Å². The topological polar surface area (TPSA) is 127 Å². The zero-order valence-electron chi connectivity index (χ0n) is 26.0. The number of benzene rings is 6. The number of halogens is 4. The summed E-state index contributed by atoms with van der Waals surface area (Å²) in [5.41, 5.74) is 7.49. The molecule has 50 heavy (non-hydrogen) atoms. The van der Waals surface area contributed by atoms with E-state index in [-0.39, 0.29) is 16.3 Å². The van der Waals surface area contributed by atoms with E-state index < -0.39 is 12.0 Å². The molecule has 0 bridgehead atoms. The van der Waals surface area contributed by atoms with Gasteiger partial charge in [-0.3, -0.25) is 20.2 Å². The Morgan fingerprint density at radius 1 is 0.560 bits per heavy atom. The fourth-order valence-corrected chi connectivity index (χ4v) is 5.73. The van der Waals surface area contributed by atoms with Crippen molar-refractivity contribution in [1.29, 1.82) is 0 Å². The van der Waals surface area contributed by atoms with Gasteiger partial charge in [0.2, 0.25) is 0 Å². The van der Waals surface area contributed by atoms with Gasteiger partial charge in [-0.05, 0) is 104 Å². The largest absolute Gasteiger partial charge is 0.488 e. The number of rotatable bonds is 4. The first-order chi connectivity index (χ1) is 23.9. The molecular weight excluding hydrogens is 765 g/mol. The Hall–Kier alpha value is -4.55. The molecule has 1 aliphatic carbocycles. The smallest absolute Gasteiger partial charge is 0.423 e. The molecular formula is C37H27BBrCl3N2O6. The van der Waals surface area contributed by atoms with Crippen molar-refractivity contribution in [2.45, 2.75) is 6.42 Å². The molecule has 0 amide bonds. The molecule has 2 N–H and O–H groups in total. The lowest BCUT2D eigenvalue weighted by molar-refractivity contribution is -0.385. The highest BCUT2D eigenvalue weighted by Crippen LogP contribution is 2.37. The van der Waals surface area contributed by atoms with Crippen molar-refractivity contribution in [3.63, 3.8) is 0 Å². The molecule has 0 saturated carbocycles. The molecule has 0 spiro atoms. The predicted molar refractivity (Wildman–Crippen MR) is 205 cm³/mol. The quantitative estimate of drug-likeness (QED) is 0.104. The van der Waals surface area contributed by atoms with Crippen molar-refractivity contribution >= 4 is 74.7 Å². The summed E-state index contributed by atoms with van der Waals surface area (Å²) in [6.07, 6.45) is 1.02. The van der Waals surface area contributed by atoms with Crippen molar-refractivity contribution in [2.24, 2.45) is 0 Å². The van der Waals surface area contributed by atoms with Gasteiger partial charge in [0.1, 0.15) is 0 Å². The highest BCUT2D eigenvalue weighted by atomic mass is 79.9. The number of hydrogen-bond acceptors (Lipinski definition) is 6. The normalized spacial score (nSPS) is 10.4. The first-order valence-corrected chi connectivity index (χ1v) is 16.7. The van der Waals surface area contributed by atoms with Gasteiger partial charge in [0, 0.05) is 27.2 Å². The molecule has 0 heterocycles. The van der Waals surface area contributed by atoms with E-state index in [0.717, 1.165) is 17.0 Å². The van der Waals surface area contributed by atoms with Crippen molar-refractivity contribution in [1.82, 2.24) is 0 Å². The summed E-state index contributed by atoms with van der Waals surface area (Å²) >= 11 is 20.3. The van der Waals surface area contributed by atoms with Crippen LogP contribution < -0.4 is 5.46 Å². The van der Waals surface area contributed by atoms with Gasteiger partial charge in [-0.25, -0.2) is 0 Å². The van der Waals surface area contributed by atoms with Crippen LogP contribution in [0.2, 0.25) is 15.1 Å². The van der Waals surface area contributed by atoms with Crippen LogP contribution in [0.4, 0.5) is 11.4 Å². The molecule has 8 nitrogen and oxygen atoms in total. The third-order valence-corrected chi connectivity index (χ3v) is 8.64. The Labute approximate surface area is 312 Å². The van der Waals surface area contributed by atoms with Crippen molar-refractivity contribution in [3.8, 4) is 22.3 Å². The van der Waals surface area contributed by atoms with E-state index in [4.69, 9.17) is 44.9 Å². The van der Waals surface area contributed by atoms with Gasteiger partial charge in [0.15, 0.2) is 0 Å². The second kappa shape index (κ2) is 18.4. The first kappa shape index (κ1) is 38.3. The summed E-state index contributed by atoms with van der Waals surface area (Å²) in [6.45, 7) is 0. The van der Waals surface area contributed by atoms with E-state index in [1.165, 1.54) is 34.4 Å². The lowest BCUT2D eigenvalue weighted by Crippen LogP contribution is -2.29. The minimum Gasteiger partial charge on any atom is -0.423 e. The first-order valence-electron chi connectivity index (χ1n) is 14.8. The molecule has 6 aromatic rings. The van der Waals surface area contributed by atoms with Crippen molar-refractivity contribution < 1.29 is 19.9 Å². The van der Waals surface area contributed by atoms with Gasteiger partial charge >= 0.3 is 7.12 Å². The molecule has 7 rings (SSSR count). The zero-order valence-corrected chi connectivity index (χ0v) is 29.9. The maximum absolute atomic E-state index is 10.8. The predicted octanol–water partition coefficient (Wildman–Crippen LogP) is 10.2. The second-order valence-corrected chi connectivity index (χ2v) is 12.7. The molecule has 6 aromatic carbocycles. The van der Waals surface area contributed by atoms with E-state index in [0.29, 0.717) is 25.5 Å². The molecule has 1 aliphatic rings.